The molecule has 0 amide bonds. The fraction of sp³-hybridized carbons (Fsp3) is 0.143. The SMILES string of the molecule is CCCc1ccc(C#Cc2cc(F)c3c(F)c(F)c(F)cc3c2)c(F)c1. The second-order valence-corrected chi connectivity index (χ2v) is 5.86. The Hall–Kier alpha value is -2.87. The highest BCUT2D eigenvalue weighted by atomic mass is 19.2. The van der Waals surface area contributed by atoms with Crippen LogP contribution in [0.25, 0.3) is 10.8 Å². The van der Waals surface area contributed by atoms with Crippen LogP contribution in [0.15, 0.2) is 36.4 Å². The summed E-state index contributed by atoms with van der Waals surface area (Å²) < 4.78 is 68.5. The van der Waals surface area contributed by atoms with E-state index in [4.69, 9.17) is 0 Å². The molecule has 0 aromatic heterocycles. The van der Waals surface area contributed by atoms with Crippen molar-refractivity contribution in [2.24, 2.45) is 0 Å². The van der Waals surface area contributed by atoms with Gasteiger partial charge in [0.15, 0.2) is 17.5 Å². The third-order valence-electron chi connectivity index (χ3n) is 3.94. The van der Waals surface area contributed by atoms with Crippen molar-refractivity contribution < 1.29 is 22.0 Å². The number of aryl methyl sites for hydroxylation is 1. The Bertz CT molecular complexity index is 1060. The van der Waals surface area contributed by atoms with Crippen LogP contribution in [0.2, 0.25) is 0 Å². The number of fused-ring (bicyclic) bond motifs is 1. The number of hydrogen-bond donors (Lipinski definition) is 0. The molecule has 0 unspecified atom stereocenters. The molecular formula is C21H13F5. The predicted octanol–water partition coefficient (Wildman–Crippen LogP) is 5.89. The number of rotatable bonds is 2. The summed E-state index contributed by atoms with van der Waals surface area (Å²) in [5.41, 5.74) is 1.07. The van der Waals surface area contributed by atoms with Crippen molar-refractivity contribution in [3.05, 3.63) is 82.2 Å². The van der Waals surface area contributed by atoms with Crippen molar-refractivity contribution >= 4 is 10.8 Å². The molecular weight excluding hydrogens is 347 g/mol. The average molecular weight is 360 g/mol. The summed E-state index contributed by atoms with van der Waals surface area (Å²) in [4.78, 5) is 0. The van der Waals surface area contributed by atoms with E-state index in [9.17, 15) is 22.0 Å². The van der Waals surface area contributed by atoms with Gasteiger partial charge in [0.2, 0.25) is 0 Å². The normalized spacial score (nSPS) is 10.7. The van der Waals surface area contributed by atoms with Crippen molar-refractivity contribution in [1.29, 1.82) is 0 Å². The quantitative estimate of drug-likeness (QED) is 0.304. The lowest BCUT2D eigenvalue weighted by Gasteiger charge is -2.04. The summed E-state index contributed by atoms with van der Waals surface area (Å²) in [6.45, 7) is 1.98. The third kappa shape index (κ3) is 3.41. The average Bonchev–Trinajstić information content (AvgIpc) is 2.59. The van der Waals surface area contributed by atoms with E-state index in [2.05, 4.69) is 11.8 Å². The standard InChI is InChI=1S/C21H13F5/c1-2-3-12-4-6-14(16(22)9-12)7-5-13-8-15-11-18(24)20(25)21(26)19(15)17(23)10-13/h4,6,8-11H,2-3H2,1H3. The number of halogens is 5. The Kier molecular flexibility index (Phi) is 4.94. The molecule has 0 heterocycles. The molecule has 0 aliphatic carbocycles. The molecule has 0 radical (unpaired) electrons. The van der Waals surface area contributed by atoms with Crippen LogP contribution < -0.4 is 0 Å². The predicted molar refractivity (Wildman–Crippen MR) is 90.2 cm³/mol. The number of hydrogen-bond acceptors (Lipinski definition) is 0. The van der Waals surface area contributed by atoms with E-state index in [1.165, 1.54) is 18.2 Å². The van der Waals surface area contributed by atoms with Crippen LogP contribution in [0.3, 0.4) is 0 Å². The van der Waals surface area contributed by atoms with Gasteiger partial charge in [-0.15, -0.1) is 0 Å². The van der Waals surface area contributed by atoms with Gasteiger partial charge in [-0.3, -0.25) is 0 Å². The molecule has 26 heavy (non-hydrogen) atoms. The first-order valence-electron chi connectivity index (χ1n) is 7.98. The lowest BCUT2D eigenvalue weighted by Crippen LogP contribution is -1.95. The first kappa shape index (κ1) is 17.9. The first-order valence-corrected chi connectivity index (χ1v) is 7.98. The van der Waals surface area contributed by atoms with Gasteiger partial charge < -0.3 is 0 Å². The summed E-state index contributed by atoms with van der Waals surface area (Å²) in [5, 5.41) is -0.811. The van der Waals surface area contributed by atoms with Gasteiger partial charge in [0, 0.05) is 5.56 Å². The molecule has 0 saturated heterocycles. The fourth-order valence-electron chi connectivity index (χ4n) is 2.70. The summed E-state index contributed by atoms with van der Waals surface area (Å²) in [6, 6.07) is 7.49. The van der Waals surface area contributed by atoms with Gasteiger partial charge in [0.1, 0.15) is 11.6 Å². The van der Waals surface area contributed by atoms with Crippen LogP contribution in [0, 0.1) is 40.9 Å². The topological polar surface area (TPSA) is 0 Å². The van der Waals surface area contributed by atoms with Crippen molar-refractivity contribution in [3.63, 3.8) is 0 Å². The molecule has 5 heteroatoms. The Morgan fingerprint density at radius 1 is 0.769 bits per heavy atom. The molecule has 0 saturated carbocycles. The Labute approximate surface area is 147 Å². The molecule has 0 N–H and O–H groups in total. The summed E-state index contributed by atoms with van der Waals surface area (Å²) >= 11 is 0. The van der Waals surface area contributed by atoms with Crippen molar-refractivity contribution in [2.45, 2.75) is 19.8 Å². The van der Waals surface area contributed by atoms with Crippen LogP contribution in [-0.4, -0.2) is 0 Å². The summed E-state index contributed by atoms with van der Waals surface area (Å²) in [7, 11) is 0. The first-order chi connectivity index (χ1) is 12.4. The maximum Gasteiger partial charge on any atom is 0.195 e. The molecule has 132 valence electrons. The Morgan fingerprint density at radius 3 is 2.23 bits per heavy atom. The van der Waals surface area contributed by atoms with E-state index in [1.807, 2.05) is 6.92 Å². The van der Waals surface area contributed by atoms with E-state index in [-0.39, 0.29) is 16.5 Å². The van der Waals surface area contributed by atoms with E-state index in [0.29, 0.717) is 6.07 Å². The minimum Gasteiger partial charge on any atom is -0.206 e. The lowest BCUT2D eigenvalue weighted by atomic mass is 10.0. The summed E-state index contributed by atoms with van der Waals surface area (Å²) in [5.74, 6) is -1.15. The number of benzene rings is 3. The molecule has 0 atom stereocenters. The van der Waals surface area contributed by atoms with Gasteiger partial charge in [-0.25, -0.2) is 22.0 Å². The van der Waals surface area contributed by atoms with Gasteiger partial charge in [-0.1, -0.05) is 31.3 Å². The molecule has 0 bridgehead atoms. The highest BCUT2D eigenvalue weighted by molar-refractivity contribution is 5.85. The largest absolute Gasteiger partial charge is 0.206 e. The zero-order chi connectivity index (χ0) is 18.8. The van der Waals surface area contributed by atoms with Gasteiger partial charge in [0.25, 0.3) is 0 Å². The zero-order valence-corrected chi connectivity index (χ0v) is 13.8. The Balaban J connectivity index is 2.03. The smallest absolute Gasteiger partial charge is 0.195 e. The van der Waals surface area contributed by atoms with Gasteiger partial charge in [0.05, 0.1) is 10.9 Å². The minimum absolute atomic E-state index is 0.0949. The third-order valence-corrected chi connectivity index (χ3v) is 3.94. The van der Waals surface area contributed by atoms with E-state index in [1.54, 1.807) is 6.07 Å². The lowest BCUT2D eigenvalue weighted by molar-refractivity contribution is 0.451. The van der Waals surface area contributed by atoms with E-state index < -0.39 is 34.5 Å². The highest BCUT2D eigenvalue weighted by Gasteiger charge is 2.17. The molecule has 3 aromatic carbocycles. The van der Waals surface area contributed by atoms with Crippen LogP contribution >= 0.6 is 0 Å². The van der Waals surface area contributed by atoms with E-state index in [0.717, 1.165) is 24.5 Å². The molecule has 3 rings (SSSR count). The zero-order valence-electron chi connectivity index (χ0n) is 13.8. The second-order valence-electron chi connectivity index (χ2n) is 5.86. The molecule has 0 aliphatic heterocycles. The molecule has 0 aliphatic rings. The van der Waals surface area contributed by atoms with Crippen molar-refractivity contribution in [1.82, 2.24) is 0 Å². The molecule has 0 nitrogen and oxygen atoms in total. The molecule has 3 aromatic rings. The molecule has 0 fully saturated rings. The highest BCUT2D eigenvalue weighted by Crippen LogP contribution is 2.26. The van der Waals surface area contributed by atoms with Gasteiger partial charge >= 0.3 is 0 Å². The van der Waals surface area contributed by atoms with Crippen LogP contribution in [0.1, 0.15) is 30.0 Å². The van der Waals surface area contributed by atoms with Gasteiger partial charge in [-0.2, -0.15) is 0 Å². The van der Waals surface area contributed by atoms with Crippen molar-refractivity contribution in [3.8, 4) is 11.8 Å². The van der Waals surface area contributed by atoms with Crippen LogP contribution in [0.5, 0.6) is 0 Å². The maximum atomic E-state index is 14.1. The van der Waals surface area contributed by atoms with Gasteiger partial charge in [-0.05, 0) is 47.7 Å². The maximum absolute atomic E-state index is 14.1. The van der Waals surface area contributed by atoms with Crippen LogP contribution in [-0.2, 0) is 6.42 Å². The fourth-order valence-corrected chi connectivity index (χ4v) is 2.70. The van der Waals surface area contributed by atoms with Crippen molar-refractivity contribution in [2.75, 3.05) is 0 Å². The minimum atomic E-state index is -1.73. The Morgan fingerprint density at radius 2 is 1.54 bits per heavy atom. The monoisotopic (exact) mass is 360 g/mol. The van der Waals surface area contributed by atoms with Crippen LogP contribution in [0.4, 0.5) is 22.0 Å². The van der Waals surface area contributed by atoms with E-state index >= 15 is 0 Å². The summed E-state index contributed by atoms with van der Waals surface area (Å²) in [6.07, 6.45) is 1.63. The molecule has 0 spiro atoms. The second kappa shape index (κ2) is 7.17.